The number of imide groups is 2. The third-order valence-electron chi connectivity index (χ3n) is 5.95. The minimum atomic E-state index is -0.873. The molecular formula is C29H25ClIN3O6. The third kappa shape index (κ3) is 6.62. The van der Waals surface area contributed by atoms with Gasteiger partial charge in [0.05, 0.1) is 15.9 Å². The quantitative estimate of drug-likeness (QED) is 0.182. The Morgan fingerprint density at radius 3 is 2.52 bits per heavy atom. The highest BCUT2D eigenvalue weighted by Crippen LogP contribution is 2.35. The van der Waals surface area contributed by atoms with Gasteiger partial charge in [-0.25, -0.2) is 9.69 Å². The maximum atomic E-state index is 13.2. The normalized spacial score (nSPS) is 14.3. The van der Waals surface area contributed by atoms with Crippen LogP contribution >= 0.6 is 34.2 Å². The molecule has 3 aromatic carbocycles. The Balaban J connectivity index is 1.57. The van der Waals surface area contributed by atoms with Crippen LogP contribution in [-0.4, -0.2) is 37.0 Å². The third-order valence-corrected chi connectivity index (χ3v) is 6.99. The van der Waals surface area contributed by atoms with Crippen molar-refractivity contribution in [2.24, 2.45) is 0 Å². The van der Waals surface area contributed by atoms with Gasteiger partial charge in [-0.05, 0) is 109 Å². The Hall–Kier alpha value is -3.90. The molecule has 206 valence electrons. The molecule has 0 saturated carbocycles. The summed E-state index contributed by atoms with van der Waals surface area (Å²) in [4.78, 5) is 51.7. The first-order valence-electron chi connectivity index (χ1n) is 12.2. The number of amides is 5. The van der Waals surface area contributed by atoms with Crippen LogP contribution in [0.1, 0.15) is 23.6 Å². The molecule has 3 aromatic rings. The second-order valence-electron chi connectivity index (χ2n) is 8.84. The van der Waals surface area contributed by atoms with Crippen molar-refractivity contribution in [3.8, 4) is 11.5 Å². The number of rotatable bonds is 8. The maximum absolute atomic E-state index is 13.2. The number of barbiturate groups is 1. The number of urea groups is 1. The Morgan fingerprint density at radius 2 is 1.82 bits per heavy atom. The zero-order valence-electron chi connectivity index (χ0n) is 21.8. The number of benzene rings is 3. The zero-order valence-corrected chi connectivity index (χ0v) is 24.8. The number of nitrogens with one attached hydrogen (secondary N) is 2. The number of ether oxygens (including phenoxy) is 2. The minimum Gasteiger partial charge on any atom is -0.490 e. The highest BCUT2D eigenvalue weighted by Gasteiger charge is 2.37. The first-order chi connectivity index (χ1) is 19.1. The molecule has 0 radical (unpaired) electrons. The molecule has 11 heteroatoms. The van der Waals surface area contributed by atoms with Crippen LogP contribution in [-0.2, 0) is 14.4 Å². The van der Waals surface area contributed by atoms with Crippen molar-refractivity contribution in [3.05, 3.63) is 85.5 Å². The lowest BCUT2D eigenvalue weighted by Crippen LogP contribution is -2.54. The minimum absolute atomic E-state index is 0.223. The zero-order chi connectivity index (χ0) is 29.0. The van der Waals surface area contributed by atoms with Gasteiger partial charge in [0.2, 0.25) is 0 Å². The lowest BCUT2D eigenvalue weighted by molar-refractivity contribution is -0.122. The fourth-order valence-corrected chi connectivity index (χ4v) is 4.87. The van der Waals surface area contributed by atoms with Crippen LogP contribution in [0, 0.1) is 17.4 Å². The molecule has 1 heterocycles. The Bertz CT molecular complexity index is 1550. The second-order valence-corrected chi connectivity index (χ2v) is 10.4. The van der Waals surface area contributed by atoms with Crippen molar-refractivity contribution in [2.45, 2.75) is 20.8 Å². The molecule has 1 aliphatic heterocycles. The van der Waals surface area contributed by atoms with Gasteiger partial charge in [-0.3, -0.25) is 19.7 Å². The van der Waals surface area contributed by atoms with E-state index in [1.807, 2.05) is 54.6 Å². The molecular weight excluding hydrogens is 649 g/mol. The number of carbonyl (C=O) groups is 4. The number of carbonyl (C=O) groups excluding carboxylic acids is 4. The highest BCUT2D eigenvalue weighted by molar-refractivity contribution is 14.1. The molecule has 0 bridgehead atoms. The largest absolute Gasteiger partial charge is 0.490 e. The van der Waals surface area contributed by atoms with E-state index >= 15 is 0 Å². The van der Waals surface area contributed by atoms with Crippen molar-refractivity contribution in [1.82, 2.24) is 5.32 Å². The van der Waals surface area contributed by atoms with Crippen LogP contribution in [0.25, 0.3) is 6.08 Å². The summed E-state index contributed by atoms with van der Waals surface area (Å²) in [6, 6.07) is 14.2. The van der Waals surface area contributed by atoms with Crippen molar-refractivity contribution < 1.29 is 28.7 Å². The molecule has 1 fully saturated rings. The number of aryl methyl sites for hydroxylation is 2. The monoisotopic (exact) mass is 673 g/mol. The lowest BCUT2D eigenvalue weighted by Gasteiger charge is -2.26. The van der Waals surface area contributed by atoms with E-state index in [2.05, 4.69) is 10.6 Å². The highest BCUT2D eigenvalue weighted by atomic mass is 127. The molecule has 1 aliphatic rings. The number of hydrogen-bond donors (Lipinski definition) is 2. The van der Waals surface area contributed by atoms with E-state index < -0.39 is 17.8 Å². The van der Waals surface area contributed by atoms with Gasteiger partial charge < -0.3 is 14.8 Å². The summed E-state index contributed by atoms with van der Waals surface area (Å²) in [6.45, 7) is 5.79. The van der Waals surface area contributed by atoms with Gasteiger partial charge in [-0.1, -0.05) is 23.7 Å². The van der Waals surface area contributed by atoms with Gasteiger partial charge in [0.15, 0.2) is 18.1 Å². The number of hydrogen-bond acceptors (Lipinski definition) is 6. The summed E-state index contributed by atoms with van der Waals surface area (Å²) in [5.74, 6) is -1.30. The lowest BCUT2D eigenvalue weighted by atomic mass is 10.1. The van der Waals surface area contributed by atoms with Crippen LogP contribution < -0.4 is 25.0 Å². The molecule has 0 aliphatic carbocycles. The van der Waals surface area contributed by atoms with Gasteiger partial charge in [0.1, 0.15) is 5.57 Å². The molecule has 1 saturated heterocycles. The van der Waals surface area contributed by atoms with Crippen LogP contribution in [0.4, 0.5) is 16.2 Å². The number of nitrogens with zero attached hydrogens (tertiary/aromatic N) is 1. The summed E-state index contributed by atoms with van der Waals surface area (Å²) < 4.78 is 12.1. The fraction of sp³-hybridized carbons (Fsp3) is 0.172. The first-order valence-corrected chi connectivity index (χ1v) is 13.7. The van der Waals surface area contributed by atoms with Crippen molar-refractivity contribution in [3.63, 3.8) is 0 Å². The summed E-state index contributed by atoms with van der Waals surface area (Å²) in [7, 11) is 0. The summed E-state index contributed by atoms with van der Waals surface area (Å²) in [6.07, 6.45) is 1.36. The van der Waals surface area contributed by atoms with Gasteiger partial charge >= 0.3 is 6.03 Å². The smallest absolute Gasteiger partial charge is 0.335 e. The molecule has 0 atom stereocenters. The van der Waals surface area contributed by atoms with E-state index in [1.54, 1.807) is 31.2 Å². The van der Waals surface area contributed by atoms with E-state index in [0.717, 1.165) is 16.0 Å². The van der Waals surface area contributed by atoms with Crippen LogP contribution in [0.5, 0.6) is 11.5 Å². The summed E-state index contributed by atoms with van der Waals surface area (Å²) in [5, 5.41) is 5.33. The molecule has 9 nitrogen and oxygen atoms in total. The van der Waals surface area contributed by atoms with Crippen molar-refractivity contribution in [1.29, 1.82) is 0 Å². The van der Waals surface area contributed by atoms with Crippen molar-refractivity contribution >= 4 is 75.4 Å². The predicted molar refractivity (Wildman–Crippen MR) is 161 cm³/mol. The van der Waals surface area contributed by atoms with Crippen LogP contribution in [0.2, 0.25) is 5.02 Å². The molecule has 5 amide bonds. The molecule has 2 N–H and O–H groups in total. The van der Waals surface area contributed by atoms with Gasteiger partial charge in [0, 0.05) is 10.7 Å². The Morgan fingerprint density at radius 1 is 1.05 bits per heavy atom. The van der Waals surface area contributed by atoms with E-state index in [9.17, 15) is 19.2 Å². The van der Waals surface area contributed by atoms with Crippen LogP contribution in [0.15, 0.2) is 60.2 Å². The molecule has 0 aromatic heterocycles. The van der Waals surface area contributed by atoms with Crippen molar-refractivity contribution in [2.75, 3.05) is 23.4 Å². The summed E-state index contributed by atoms with van der Waals surface area (Å²) in [5.41, 5.74) is 3.27. The topological polar surface area (TPSA) is 114 Å². The van der Waals surface area contributed by atoms with E-state index in [0.29, 0.717) is 37.9 Å². The first kappa shape index (κ1) is 29.1. The molecule has 40 heavy (non-hydrogen) atoms. The van der Waals surface area contributed by atoms with E-state index in [1.165, 1.54) is 18.2 Å². The SMILES string of the molecule is CCOc1cc(/C=C2\C(=O)NC(=O)N(c3cccc(Cl)c3)C2=O)cc(I)c1OCC(=O)Nc1ccc(C)c(C)c1. The van der Waals surface area contributed by atoms with Crippen LogP contribution in [0.3, 0.4) is 0 Å². The standard InChI is InChI=1S/C29H25ClIN3O6/c1-4-39-24-13-18(11-22-27(36)33-29(38)34(28(22)37)21-7-5-6-19(30)14-21)12-23(31)26(24)40-15-25(35)32-20-9-8-16(2)17(3)10-20/h5-14H,4,15H2,1-3H3,(H,32,35)(H,33,36,38)/b22-11+. The predicted octanol–water partition coefficient (Wildman–Crippen LogP) is 5.64. The molecule has 4 rings (SSSR count). The summed E-state index contributed by atoms with van der Waals surface area (Å²) >= 11 is 8.05. The second kappa shape index (κ2) is 12.5. The molecule has 0 spiro atoms. The average molecular weight is 674 g/mol. The molecule has 0 unspecified atom stereocenters. The van der Waals surface area contributed by atoms with Gasteiger partial charge in [-0.15, -0.1) is 0 Å². The Kier molecular flexibility index (Phi) is 9.10. The maximum Gasteiger partial charge on any atom is 0.335 e. The van der Waals surface area contributed by atoms with E-state index in [-0.39, 0.29) is 23.8 Å². The number of halogens is 2. The van der Waals surface area contributed by atoms with Gasteiger partial charge in [-0.2, -0.15) is 0 Å². The number of anilines is 2. The fourth-order valence-electron chi connectivity index (χ4n) is 3.90. The van der Waals surface area contributed by atoms with E-state index in [4.69, 9.17) is 21.1 Å². The average Bonchev–Trinajstić information content (AvgIpc) is 2.88. The Labute approximate surface area is 249 Å². The van der Waals surface area contributed by atoms with Gasteiger partial charge in [0.25, 0.3) is 17.7 Å².